The Morgan fingerprint density at radius 1 is 0.846 bits per heavy atom. The molecule has 0 aliphatic rings. The molecule has 0 fully saturated rings. The van der Waals surface area contributed by atoms with E-state index in [0.717, 1.165) is 11.1 Å². The summed E-state index contributed by atoms with van der Waals surface area (Å²) in [7, 11) is 0. The van der Waals surface area contributed by atoms with Crippen molar-refractivity contribution in [2.45, 2.75) is 6.92 Å². The normalized spacial score (nSPS) is 7.77. The molecule has 0 bridgehead atoms. The molecule has 1 aromatic carbocycles. The molecule has 0 radical (unpaired) electrons. The molecule has 0 heteroatoms. The van der Waals surface area contributed by atoms with Gasteiger partial charge in [0.25, 0.3) is 0 Å². The van der Waals surface area contributed by atoms with Crippen LogP contribution in [0.25, 0.3) is 12.2 Å². The van der Waals surface area contributed by atoms with Crippen LogP contribution in [0.4, 0.5) is 0 Å². The Balaban J connectivity index is 0.000000424. The smallest absolute Gasteiger partial charge is 0.0262 e. The maximum Gasteiger partial charge on any atom is -0.0262 e. The van der Waals surface area contributed by atoms with E-state index in [1.54, 1.807) is 6.08 Å². The first-order valence-corrected chi connectivity index (χ1v) is 4.20. The van der Waals surface area contributed by atoms with Crippen LogP contribution >= 0.6 is 0 Å². The van der Waals surface area contributed by atoms with Crippen LogP contribution in [0.2, 0.25) is 0 Å². The third-order valence-corrected chi connectivity index (χ3v) is 1.41. The number of benzene rings is 1. The third-order valence-electron chi connectivity index (χ3n) is 1.41. The zero-order valence-corrected chi connectivity index (χ0v) is 8.16. The molecule has 0 nitrogen and oxygen atoms in total. The highest BCUT2D eigenvalue weighted by atomic mass is 13.9. The fraction of sp³-hybridized carbons (Fsp3) is 0.0769. The molecular weight excluding hydrogens is 156 g/mol. The standard InChI is InChI=1S/C10H10.C3H6/c1-3-9-5-7-10(4-2)8-6-9;1-3-2/h3-8H,1-2H2;3H,1H2,2H3. The van der Waals surface area contributed by atoms with Crippen molar-refractivity contribution in [2.75, 3.05) is 0 Å². The van der Waals surface area contributed by atoms with E-state index in [1.807, 2.05) is 43.3 Å². The minimum atomic E-state index is 1.14. The van der Waals surface area contributed by atoms with Crippen molar-refractivity contribution in [3.8, 4) is 0 Å². The van der Waals surface area contributed by atoms with Gasteiger partial charge in [-0.05, 0) is 18.1 Å². The van der Waals surface area contributed by atoms with Gasteiger partial charge in [-0.2, -0.15) is 0 Å². The van der Waals surface area contributed by atoms with E-state index < -0.39 is 0 Å². The molecule has 0 heterocycles. The molecule has 0 aliphatic heterocycles. The molecule has 68 valence electrons. The number of hydrogen-bond donors (Lipinski definition) is 0. The Hall–Kier alpha value is -1.56. The van der Waals surface area contributed by atoms with Crippen LogP contribution < -0.4 is 0 Å². The molecule has 0 saturated heterocycles. The van der Waals surface area contributed by atoms with E-state index >= 15 is 0 Å². The Morgan fingerprint density at radius 3 is 1.23 bits per heavy atom. The molecule has 0 unspecified atom stereocenters. The predicted octanol–water partition coefficient (Wildman–Crippen LogP) is 4.16. The maximum atomic E-state index is 3.66. The van der Waals surface area contributed by atoms with Gasteiger partial charge in [0.1, 0.15) is 0 Å². The van der Waals surface area contributed by atoms with Crippen molar-refractivity contribution in [3.63, 3.8) is 0 Å². The molecular formula is C13H16. The third kappa shape index (κ3) is 4.81. The van der Waals surface area contributed by atoms with Gasteiger partial charge in [-0.1, -0.05) is 55.7 Å². The van der Waals surface area contributed by atoms with Crippen LogP contribution in [0.1, 0.15) is 18.1 Å². The molecule has 0 atom stereocenters. The fourth-order valence-electron chi connectivity index (χ4n) is 0.768. The first-order valence-electron chi connectivity index (χ1n) is 4.20. The van der Waals surface area contributed by atoms with E-state index in [1.165, 1.54) is 0 Å². The molecule has 0 saturated carbocycles. The average molecular weight is 172 g/mol. The van der Waals surface area contributed by atoms with Crippen LogP contribution in [0, 0.1) is 0 Å². The van der Waals surface area contributed by atoms with Gasteiger partial charge in [0.2, 0.25) is 0 Å². The first kappa shape index (κ1) is 11.4. The van der Waals surface area contributed by atoms with Gasteiger partial charge < -0.3 is 0 Å². The highest BCUT2D eigenvalue weighted by Gasteiger charge is 1.84. The molecule has 0 spiro atoms. The summed E-state index contributed by atoms with van der Waals surface area (Å²) in [4.78, 5) is 0. The van der Waals surface area contributed by atoms with Crippen LogP contribution in [0.3, 0.4) is 0 Å². The quantitative estimate of drug-likeness (QED) is 0.587. The summed E-state index contributed by atoms with van der Waals surface area (Å²) in [6.07, 6.45) is 5.40. The second-order valence-corrected chi connectivity index (χ2v) is 2.48. The Kier molecular flexibility index (Phi) is 6.26. The summed E-state index contributed by atoms with van der Waals surface area (Å²) in [5.41, 5.74) is 2.29. The average Bonchev–Trinajstić information content (AvgIpc) is 2.19. The Morgan fingerprint density at radius 2 is 1.08 bits per heavy atom. The van der Waals surface area contributed by atoms with Crippen molar-refractivity contribution >= 4 is 12.2 Å². The topological polar surface area (TPSA) is 0 Å². The van der Waals surface area contributed by atoms with E-state index in [4.69, 9.17) is 0 Å². The summed E-state index contributed by atoms with van der Waals surface area (Å²) < 4.78 is 0. The maximum absolute atomic E-state index is 3.66. The molecule has 13 heavy (non-hydrogen) atoms. The minimum absolute atomic E-state index is 1.14. The second kappa shape index (κ2) is 7.11. The second-order valence-electron chi connectivity index (χ2n) is 2.48. The highest BCUT2D eigenvalue weighted by molar-refractivity contribution is 5.53. The summed E-state index contributed by atoms with van der Waals surface area (Å²) in [6.45, 7) is 12.6. The summed E-state index contributed by atoms with van der Waals surface area (Å²) in [6, 6.07) is 8.07. The zero-order valence-electron chi connectivity index (χ0n) is 8.16. The van der Waals surface area contributed by atoms with Gasteiger partial charge in [-0.25, -0.2) is 0 Å². The SMILES string of the molecule is C=CC.C=Cc1ccc(C=C)cc1. The predicted molar refractivity (Wildman–Crippen MR) is 62.5 cm³/mol. The summed E-state index contributed by atoms with van der Waals surface area (Å²) >= 11 is 0. The van der Waals surface area contributed by atoms with Crippen molar-refractivity contribution in [1.82, 2.24) is 0 Å². The van der Waals surface area contributed by atoms with Gasteiger partial charge in [-0.15, -0.1) is 6.58 Å². The zero-order chi connectivity index (χ0) is 10.1. The molecule has 0 aliphatic carbocycles. The number of hydrogen-bond acceptors (Lipinski definition) is 0. The summed E-state index contributed by atoms with van der Waals surface area (Å²) in [5, 5.41) is 0. The van der Waals surface area contributed by atoms with E-state index in [2.05, 4.69) is 19.7 Å². The lowest BCUT2D eigenvalue weighted by Crippen LogP contribution is -1.71. The minimum Gasteiger partial charge on any atom is -0.103 e. The largest absolute Gasteiger partial charge is 0.103 e. The van der Waals surface area contributed by atoms with Gasteiger partial charge in [0.15, 0.2) is 0 Å². The lowest BCUT2D eigenvalue weighted by Gasteiger charge is -1.92. The lowest BCUT2D eigenvalue weighted by molar-refractivity contribution is 1.63. The lowest BCUT2D eigenvalue weighted by atomic mass is 10.1. The molecule has 0 amide bonds. The Bertz CT molecular complexity index is 238. The summed E-state index contributed by atoms with van der Waals surface area (Å²) in [5.74, 6) is 0. The van der Waals surface area contributed by atoms with Crippen LogP contribution in [0.5, 0.6) is 0 Å². The molecule has 0 N–H and O–H groups in total. The van der Waals surface area contributed by atoms with Gasteiger partial charge in [0, 0.05) is 0 Å². The molecule has 0 aromatic heterocycles. The van der Waals surface area contributed by atoms with Gasteiger partial charge in [-0.3, -0.25) is 0 Å². The Labute approximate surface area is 80.9 Å². The highest BCUT2D eigenvalue weighted by Crippen LogP contribution is 2.05. The number of rotatable bonds is 2. The van der Waals surface area contributed by atoms with Crippen molar-refractivity contribution < 1.29 is 0 Å². The monoisotopic (exact) mass is 172 g/mol. The van der Waals surface area contributed by atoms with E-state index in [-0.39, 0.29) is 0 Å². The number of allylic oxidation sites excluding steroid dienone is 1. The van der Waals surface area contributed by atoms with Gasteiger partial charge >= 0.3 is 0 Å². The van der Waals surface area contributed by atoms with Crippen LogP contribution in [0.15, 0.2) is 50.1 Å². The van der Waals surface area contributed by atoms with Crippen molar-refractivity contribution in [3.05, 3.63) is 61.2 Å². The molecule has 1 rings (SSSR count). The first-order chi connectivity index (χ1) is 6.28. The van der Waals surface area contributed by atoms with Crippen LogP contribution in [-0.4, -0.2) is 0 Å². The fourth-order valence-corrected chi connectivity index (χ4v) is 0.768. The van der Waals surface area contributed by atoms with Gasteiger partial charge in [0.05, 0.1) is 0 Å². The van der Waals surface area contributed by atoms with Crippen LogP contribution in [-0.2, 0) is 0 Å². The van der Waals surface area contributed by atoms with Crippen molar-refractivity contribution in [2.24, 2.45) is 0 Å². The molecule has 1 aromatic rings. The van der Waals surface area contributed by atoms with E-state index in [9.17, 15) is 0 Å². The van der Waals surface area contributed by atoms with E-state index in [0.29, 0.717) is 0 Å². The van der Waals surface area contributed by atoms with Crippen molar-refractivity contribution in [1.29, 1.82) is 0 Å².